The third kappa shape index (κ3) is 3.51. The summed E-state index contributed by atoms with van der Waals surface area (Å²) in [5, 5.41) is 8.87. The van der Waals surface area contributed by atoms with E-state index in [1.807, 2.05) is 0 Å². The summed E-state index contributed by atoms with van der Waals surface area (Å²) in [6.45, 7) is 3.32. The SMILES string of the molecule is CCN(CC(N)=O)C(=O)c1ccc(C(=O)O)c(C)n1. The largest absolute Gasteiger partial charge is 0.478 e. The highest BCUT2D eigenvalue weighted by Crippen LogP contribution is 2.09. The van der Waals surface area contributed by atoms with E-state index in [1.165, 1.54) is 24.0 Å². The number of carboxylic acids is 1. The Morgan fingerprint density at radius 3 is 2.42 bits per heavy atom. The van der Waals surface area contributed by atoms with Gasteiger partial charge in [-0.25, -0.2) is 9.78 Å². The predicted molar refractivity (Wildman–Crippen MR) is 66.7 cm³/mol. The van der Waals surface area contributed by atoms with Gasteiger partial charge in [0.2, 0.25) is 5.91 Å². The van der Waals surface area contributed by atoms with Crippen molar-refractivity contribution in [1.82, 2.24) is 9.88 Å². The Morgan fingerprint density at radius 2 is 2.00 bits per heavy atom. The van der Waals surface area contributed by atoms with Gasteiger partial charge in [-0.05, 0) is 26.0 Å². The van der Waals surface area contributed by atoms with Gasteiger partial charge in [-0.15, -0.1) is 0 Å². The van der Waals surface area contributed by atoms with Crippen molar-refractivity contribution in [2.24, 2.45) is 5.73 Å². The lowest BCUT2D eigenvalue weighted by Crippen LogP contribution is -2.38. The van der Waals surface area contributed by atoms with E-state index in [9.17, 15) is 14.4 Å². The lowest BCUT2D eigenvalue weighted by atomic mass is 10.2. The number of aromatic carboxylic acids is 1. The normalized spacial score (nSPS) is 10.0. The average Bonchev–Trinajstić information content (AvgIpc) is 2.34. The minimum absolute atomic E-state index is 0.0366. The van der Waals surface area contributed by atoms with Crippen LogP contribution in [0.5, 0.6) is 0 Å². The number of carbonyl (C=O) groups is 3. The van der Waals surface area contributed by atoms with Crippen LogP contribution in [0.4, 0.5) is 0 Å². The zero-order valence-electron chi connectivity index (χ0n) is 10.7. The number of hydrogen-bond donors (Lipinski definition) is 2. The molecule has 0 aromatic carbocycles. The Hall–Kier alpha value is -2.44. The highest BCUT2D eigenvalue weighted by Gasteiger charge is 2.19. The lowest BCUT2D eigenvalue weighted by molar-refractivity contribution is -0.118. The van der Waals surface area contributed by atoms with Crippen molar-refractivity contribution in [3.8, 4) is 0 Å². The van der Waals surface area contributed by atoms with Crippen LogP contribution in [-0.4, -0.2) is 45.9 Å². The summed E-state index contributed by atoms with van der Waals surface area (Å²) in [7, 11) is 0. The molecule has 0 aliphatic rings. The molecule has 7 heteroatoms. The molecule has 1 rings (SSSR count). The van der Waals surface area contributed by atoms with E-state index < -0.39 is 17.8 Å². The third-order valence-corrected chi connectivity index (χ3v) is 2.55. The maximum Gasteiger partial charge on any atom is 0.337 e. The van der Waals surface area contributed by atoms with Crippen LogP contribution < -0.4 is 5.73 Å². The minimum Gasteiger partial charge on any atom is -0.478 e. The zero-order chi connectivity index (χ0) is 14.6. The van der Waals surface area contributed by atoms with E-state index in [0.717, 1.165) is 0 Å². The number of nitrogens with two attached hydrogens (primary N) is 1. The molecule has 0 fully saturated rings. The number of carbonyl (C=O) groups excluding carboxylic acids is 2. The molecular formula is C12H15N3O4. The summed E-state index contributed by atoms with van der Waals surface area (Å²) in [6.07, 6.45) is 0. The number of pyridine rings is 1. The van der Waals surface area contributed by atoms with Crippen molar-refractivity contribution in [3.05, 3.63) is 29.1 Å². The van der Waals surface area contributed by atoms with Crippen molar-refractivity contribution in [2.45, 2.75) is 13.8 Å². The number of likely N-dealkylation sites (N-methyl/N-ethyl adjacent to an activating group) is 1. The molecule has 7 nitrogen and oxygen atoms in total. The minimum atomic E-state index is -1.10. The topological polar surface area (TPSA) is 114 Å². The third-order valence-electron chi connectivity index (χ3n) is 2.55. The summed E-state index contributed by atoms with van der Waals surface area (Å²) < 4.78 is 0. The second-order valence-corrected chi connectivity index (χ2v) is 3.92. The van der Waals surface area contributed by atoms with Gasteiger partial charge in [-0.3, -0.25) is 9.59 Å². The van der Waals surface area contributed by atoms with E-state index in [2.05, 4.69) is 4.98 Å². The van der Waals surface area contributed by atoms with Crippen molar-refractivity contribution in [1.29, 1.82) is 0 Å². The summed E-state index contributed by atoms with van der Waals surface area (Å²) in [4.78, 5) is 38.9. The zero-order valence-corrected chi connectivity index (χ0v) is 10.7. The molecule has 0 saturated carbocycles. The van der Waals surface area contributed by atoms with Crippen LogP contribution in [0.15, 0.2) is 12.1 Å². The van der Waals surface area contributed by atoms with Crippen LogP contribution in [0.25, 0.3) is 0 Å². The lowest BCUT2D eigenvalue weighted by Gasteiger charge is -2.18. The van der Waals surface area contributed by atoms with E-state index in [1.54, 1.807) is 6.92 Å². The number of nitrogens with zero attached hydrogens (tertiary/aromatic N) is 2. The van der Waals surface area contributed by atoms with Crippen LogP contribution in [-0.2, 0) is 4.79 Å². The van der Waals surface area contributed by atoms with Crippen LogP contribution in [0.3, 0.4) is 0 Å². The molecule has 0 bridgehead atoms. The van der Waals surface area contributed by atoms with Crippen LogP contribution >= 0.6 is 0 Å². The van der Waals surface area contributed by atoms with Gasteiger partial charge in [0.15, 0.2) is 0 Å². The Kier molecular flexibility index (Phi) is 4.57. The first-order valence-corrected chi connectivity index (χ1v) is 5.65. The fourth-order valence-corrected chi connectivity index (χ4v) is 1.58. The highest BCUT2D eigenvalue weighted by molar-refractivity contribution is 5.96. The number of primary amides is 1. The smallest absolute Gasteiger partial charge is 0.337 e. The standard InChI is InChI=1S/C12H15N3O4/c1-3-15(6-10(13)16)11(17)9-5-4-8(12(18)19)7(2)14-9/h4-5H,3,6H2,1-2H3,(H2,13,16)(H,18,19). The van der Waals surface area contributed by atoms with Gasteiger partial charge in [0.05, 0.1) is 17.8 Å². The Bertz CT molecular complexity index is 528. The molecule has 0 radical (unpaired) electrons. The molecule has 2 amide bonds. The van der Waals surface area contributed by atoms with Gasteiger partial charge in [0, 0.05) is 6.54 Å². The molecule has 0 spiro atoms. The van der Waals surface area contributed by atoms with Gasteiger partial charge in [0.25, 0.3) is 5.91 Å². The molecule has 1 heterocycles. The molecule has 0 unspecified atom stereocenters. The Morgan fingerprint density at radius 1 is 1.37 bits per heavy atom. The molecule has 1 aromatic rings. The van der Waals surface area contributed by atoms with Crippen molar-refractivity contribution >= 4 is 17.8 Å². The van der Waals surface area contributed by atoms with Gasteiger partial charge in [-0.2, -0.15) is 0 Å². The maximum atomic E-state index is 12.1. The predicted octanol–water partition coefficient (Wildman–Crippen LogP) is 0.0356. The molecule has 0 aliphatic carbocycles. The average molecular weight is 265 g/mol. The fraction of sp³-hybridized carbons (Fsp3) is 0.333. The summed E-state index contributed by atoms with van der Waals surface area (Å²) in [5.74, 6) is -2.18. The first-order valence-electron chi connectivity index (χ1n) is 5.65. The van der Waals surface area contributed by atoms with Crippen LogP contribution in [0.1, 0.15) is 33.5 Å². The molecular weight excluding hydrogens is 250 g/mol. The molecule has 0 saturated heterocycles. The summed E-state index contributed by atoms with van der Waals surface area (Å²) >= 11 is 0. The molecule has 0 atom stereocenters. The number of aryl methyl sites for hydroxylation is 1. The number of hydrogen-bond acceptors (Lipinski definition) is 4. The number of rotatable bonds is 5. The van der Waals surface area contributed by atoms with E-state index in [0.29, 0.717) is 6.54 Å². The summed E-state index contributed by atoms with van der Waals surface area (Å²) in [6, 6.07) is 2.64. The van der Waals surface area contributed by atoms with E-state index in [-0.39, 0.29) is 23.5 Å². The van der Waals surface area contributed by atoms with Gasteiger partial charge >= 0.3 is 5.97 Å². The molecule has 19 heavy (non-hydrogen) atoms. The van der Waals surface area contributed by atoms with E-state index >= 15 is 0 Å². The fourth-order valence-electron chi connectivity index (χ4n) is 1.58. The first kappa shape index (κ1) is 14.6. The van der Waals surface area contributed by atoms with Crippen molar-refractivity contribution in [3.63, 3.8) is 0 Å². The summed E-state index contributed by atoms with van der Waals surface area (Å²) in [5.41, 5.74) is 5.42. The molecule has 1 aromatic heterocycles. The Balaban J connectivity index is 3.02. The Labute approximate surface area is 110 Å². The molecule has 0 aliphatic heterocycles. The van der Waals surface area contributed by atoms with Crippen molar-refractivity contribution in [2.75, 3.05) is 13.1 Å². The van der Waals surface area contributed by atoms with E-state index in [4.69, 9.17) is 10.8 Å². The first-order chi connectivity index (χ1) is 8.86. The second-order valence-electron chi connectivity index (χ2n) is 3.92. The molecule has 102 valence electrons. The monoisotopic (exact) mass is 265 g/mol. The maximum absolute atomic E-state index is 12.1. The van der Waals surface area contributed by atoms with Crippen molar-refractivity contribution < 1.29 is 19.5 Å². The van der Waals surface area contributed by atoms with Crippen LogP contribution in [0.2, 0.25) is 0 Å². The van der Waals surface area contributed by atoms with Gasteiger partial charge in [-0.1, -0.05) is 0 Å². The van der Waals surface area contributed by atoms with Gasteiger partial charge < -0.3 is 15.7 Å². The van der Waals surface area contributed by atoms with Gasteiger partial charge in [0.1, 0.15) is 5.69 Å². The second kappa shape index (κ2) is 5.94. The molecule has 3 N–H and O–H groups in total. The number of aromatic nitrogens is 1. The quantitative estimate of drug-likeness (QED) is 0.780. The highest BCUT2D eigenvalue weighted by atomic mass is 16.4. The number of carboxylic acid groups (broad SMARTS) is 1. The number of amides is 2. The van der Waals surface area contributed by atoms with Crippen LogP contribution in [0, 0.1) is 6.92 Å².